The number of hydrogen-bond acceptors (Lipinski definition) is 3. The van der Waals surface area contributed by atoms with Crippen molar-refractivity contribution in [3.8, 4) is 5.69 Å². The molecular formula is C20H27FN6O. The topological polar surface area (TPSA) is 88.5 Å². The molecule has 1 saturated heterocycles. The third kappa shape index (κ3) is 5.31. The Morgan fingerprint density at radius 2 is 2.14 bits per heavy atom. The van der Waals surface area contributed by atoms with Crippen molar-refractivity contribution in [2.45, 2.75) is 25.7 Å². The Morgan fingerprint density at radius 1 is 1.36 bits per heavy atom. The van der Waals surface area contributed by atoms with Gasteiger partial charge in [0, 0.05) is 45.7 Å². The molecule has 1 unspecified atom stereocenters. The first-order valence-electron chi connectivity index (χ1n) is 9.59. The number of benzene rings is 1. The molecule has 150 valence electrons. The number of amides is 1. The van der Waals surface area contributed by atoms with Crippen LogP contribution in [-0.2, 0) is 11.2 Å². The van der Waals surface area contributed by atoms with E-state index in [0.717, 1.165) is 49.7 Å². The van der Waals surface area contributed by atoms with Crippen LogP contribution in [0.4, 0.5) is 4.39 Å². The number of guanidine groups is 1. The lowest BCUT2D eigenvalue weighted by Gasteiger charge is -2.34. The molecule has 3 N–H and O–H groups in total. The van der Waals surface area contributed by atoms with Crippen molar-refractivity contribution in [1.82, 2.24) is 20.0 Å². The molecule has 7 nitrogen and oxygen atoms in total. The van der Waals surface area contributed by atoms with Crippen LogP contribution in [-0.4, -0.2) is 53.2 Å². The second kappa shape index (κ2) is 9.34. The summed E-state index contributed by atoms with van der Waals surface area (Å²) < 4.78 is 14.8. The highest BCUT2D eigenvalue weighted by Gasteiger charge is 2.23. The summed E-state index contributed by atoms with van der Waals surface area (Å²) in [6.45, 7) is 2.42. The van der Waals surface area contributed by atoms with Gasteiger partial charge in [-0.25, -0.2) is 9.07 Å². The van der Waals surface area contributed by atoms with E-state index < -0.39 is 0 Å². The van der Waals surface area contributed by atoms with Crippen molar-refractivity contribution in [2.75, 3.05) is 26.7 Å². The molecule has 3 rings (SSSR count). The highest BCUT2D eigenvalue weighted by molar-refractivity contribution is 5.80. The van der Waals surface area contributed by atoms with Crippen LogP contribution in [0.1, 0.15) is 25.0 Å². The molecule has 0 radical (unpaired) electrons. The first-order valence-corrected chi connectivity index (χ1v) is 9.59. The number of halogens is 1. The standard InChI is InChI=1S/C20H27FN6O/c1-23-20(26-11-2-3-15(14-26)13-19(22)28)24-10-8-17-9-12-27(25-17)18-6-4-16(21)5-7-18/h4-7,9,12,15H,2-3,8,10-11,13-14H2,1H3,(H2,22,28)(H,23,24). The quantitative estimate of drug-likeness (QED) is 0.584. The van der Waals surface area contributed by atoms with Crippen molar-refractivity contribution >= 4 is 11.9 Å². The summed E-state index contributed by atoms with van der Waals surface area (Å²) in [5.74, 6) is 0.623. The molecule has 1 fully saturated rings. The minimum absolute atomic E-state index is 0.244. The number of piperidine rings is 1. The summed E-state index contributed by atoms with van der Waals surface area (Å²) in [5.41, 5.74) is 7.11. The third-order valence-corrected chi connectivity index (χ3v) is 4.92. The number of aliphatic imine (C=N–C) groups is 1. The summed E-state index contributed by atoms with van der Waals surface area (Å²) in [7, 11) is 1.77. The van der Waals surface area contributed by atoms with Crippen LogP contribution >= 0.6 is 0 Å². The number of hydrogen-bond donors (Lipinski definition) is 2. The number of nitrogens with two attached hydrogens (primary N) is 1. The molecule has 2 aromatic rings. The fraction of sp³-hybridized carbons (Fsp3) is 0.450. The Bertz CT molecular complexity index is 816. The highest BCUT2D eigenvalue weighted by atomic mass is 19.1. The van der Waals surface area contributed by atoms with E-state index in [4.69, 9.17) is 5.73 Å². The fourth-order valence-electron chi connectivity index (χ4n) is 3.58. The lowest BCUT2D eigenvalue weighted by molar-refractivity contribution is -0.119. The number of primary amides is 1. The lowest BCUT2D eigenvalue weighted by Crippen LogP contribution is -2.47. The average Bonchev–Trinajstić information content (AvgIpc) is 3.14. The van der Waals surface area contributed by atoms with Crippen molar-refractivity contribution in [1.29, 1.82) is 0 Å². The molecule has 8 heteroatoms. The summed E-state index contributed by atoms with van der Waals surface area (Å²) in [6.07, 6.45) is 5.09. The molecule has 1 amide bonds. The average molecular weight is 386 g/mol. The molecule has 0 spiro atoms. The monoisotopic (exact) mass is 386 g/mol. The summed E-state index contributed by atoms with van der Waals surface area (Å²) >= 11 is 0. The van der Waals surface area contributed by atoms with Crippen LogP contribution in [0.25, 0.3) is 5.69 Å². The molecule has 0 aliphatic carbocycles. The minimum atomic E-state index is -0.262. The van der Waals surface area contributed by atoms with Gasteiger partial charge in [-0.05, 0) is 49.1 Å². The van der Waals surface area contributed by atoms with Crippen molar-refractivity contribution in [2.24, 2.45) is 16.6 Å². The first-order chi connectivity index (χ1) is 13.5. The smallest absolute Gasteiger partial charge is 0.217 e. The zero-order valence-corrected chi connectivity index (χ0v) is 16.1. The molecular weight excluding hydrogens is 359 g/mol. The molecule has 2 heterocycles. The third-order valence-electron chi connectivity index (χ3n) is 4.92. The van der Waals surface area contributed by atoms with E-state index in [1.165, 1.54) is 12.1 Å². The van der Waals surface area contributed by atoms with E-state index in [-0.39, 0.29) is 17.6 Å². The number of nitrogens with zero attached hydrogens (tertiary/aromatic N) is 4. The Morgan fingerprint density at radius 3 is 2.86 bits per heavy atom. The fourth-order valence-corrected chi connectivity index (χ4v) is 3.58. The number of nitrogens with one attached hydrogen (secondary N) is 1. The largest absolute Gasteiger partial charge is 0.370 e. The van der Waals surface area contributed by atoms with Crippen molar-refractivity contribution in [3.05, 3.63) is 48.0 Å². The van der Waals surface area contributed by atoms with Gasteiger partial charge in [0.05, 0.1) is 11.4 Å². The Balaban J connectivity index is 1.51. The summed E-state index contributed by atoms with van der Waals surface area (Å²) in [6, 6.07) is 8.20. The molecule has 1 aliphatic rings. The van der Waals surface area contributed by atoms with Crippen LogP contribution in [0.2, 0.25) is 0 Å². The number of likely N-dealkylation sites (tertiary alicyclic amines) is 1. The molecule has 1 atom stereocenters. The maximum atomic E-state index is 13.0. The second-order valence-electron chi connectivity index (χ2n) is 7.08. The van der Waals surface area contributed by atoms with Gasteiger partial charge in [-0.1, -0.05) is 0 Å². The van der Waals surface area contributed by atoms with Crippen LogP contribution in [0.15, 0.2) is 41.5 Å². The SMILES string of the molecule is CN=C(NCCc1ccn(-c2ccc(F)cc2)n1)N1CCCC(CC(N)=O)C1. The van der Waals surface area contributed by atoms with Gasteiger partial charge in [-0.2, -0.15) is 5.10 Å². The van der Waals surface area contributed by atoms with Crippen LogP contribution in [0, 0.1) is 11.7 Å². The van der Waals surface area contributed by atoms with Crippen LogP contribution in [0.3, 0.4) is 0 Å². The zero-order valence-electron chi connectivity index (χ0n) is 16.1. The van der Waals surface area contributed by atoms with Gasteiger partial charge in [0.15, 0.2) is 5.96 Å². The predicted octanol–water partition coefficient (Wildman–Crippen LogP) is 1.72. The van der Waals surface area contributed by atoms with Gasteiger partial charge in [0.2, 0.25) is 5.91 Å². The minimum Gasteiger partial charge on any atom is -0.370 e. The van der Waals surface area contributed by atoms with Crippen LogP contribution in [0.5, 0.6) is 0 Å². The van der Waals surface area contributed by atoms with Crippen LogP contribution < -0.4 is 11.1 Å². The van der Waals surface area contributed by atoms with Gasteiger partial charge in [0.25, 0.3) is 0 Å². The van der Waals surface area contributed by atoms with Crippen molar-refractivity contribution < 1.29 is 9.18 Å². The maximum absolute atomic E-state index is 13.0. The molecule has 0 saturated carbocycles. The van der Waals surface area contributed by atoms with Gasteiger partial charge in [0.1, 0.15) is 5.82 Å². The zero-order chi connectivity index (χ0) is 19.9. The summed E-state index contributed by atoms with van der Waals surface area (Å²) in [5, 5.41) is 7.92. The van der Waals surface area contributed by atoms with Gasteiger partial charge in [-0.3, -0.25) is 9.79 Å². The van der Waals surface area contributed by atoms with E-state index >= 15 is 0 Å². The van der Waals surface area contributed by atoms with E-state index in [1.807, 2.05) is 12.3 Å². The molecule has 0 bridgehead atoms. The number of aromatic nitrogens is 2. The number of carbonyl (C=O) groups is 1. The molecule has 1 aromatic heterocycles. The van der Waals surface area contributed by atoms with E-state index in [9.17, 15) is 9.18 Å². The van der Waals surface area contributed by atoms with E-state index in [2.05, 4.69) is 20.3 Å². The van der Waals surface area contributed by atoms with Gasteiger partial charge < -0.3 is 16.0 Å². The molecule has 28 heavy (non-hydrogen) atoms. The first kappa shape index (κ1) is 19.9. The number of rotatable bonds is 6. The Labute approximate surface area is 164 Å². The van der Waals surface area contributed by atoms with E-state index in [1.54, 1.807) is 23.9 Å². The maximum Gasteiger partial charge on any atom is 0.217 e. The predicted molar refractivity (Wildman–Crippen MR) is 107 cm³/mol. The Hall–Kier alpha value is -2.90. The van der Waals surface area contributed by atoms with Gasteiger partial charge >= 0.3 is 0 Å². The number of carbonyl (C=O) groups excluding carboxylic acids is 1. The second-order valence-corrected chi connectivity index (χ2v) is 7.08. The Kier molecular flexibility index (Phi) is 6.62. The molecule has 1 aliphatic heterocycles. The highest BCUT2D eigenvalue weighted by Crippen LogP contribution is 2.19. The van der Waals surface area contributed by atoms with E-state index in [0.29, 0.717) is 13.0 Å². The van der Waals surface area contributed by atoms with Gasteiger partial charge in [-0.15, -0.1) is 0 Å². The normalized spacial score (nSPS) is 17.6. The molecule has 1 aromatic carbocycles. The van der Waals surface area contributed by atoms with Crippen molar-refractivity contribution in [3.63, 3.8) is 0 Å². The summed E-state index contributed by atoms with van der Waals surface area (Å²) in [4.78, 5) is 17.8. The lowest BCUT2D eigenvalue weighted by atomic mass is 9.95.